The second kappa shape index (κ2) is 9.57. The number of rotatable bonds is 7. The molecule has 0 fully saturated rings. The van der Waals surface area contributed by atoms with Gasteiger partial charge < -0.3 is 15.2 Å². The highest BCUT2D eigenvalue weighted by atomic mass is 32.1. The van der Waals surface area contributed by atoms with Crippen molar-refractivity contribution in [2.75, 3.05) is 11.9 Å². The molecule has 2 N–H and O–H groups in total. The topological polar surface area (TPSA) is 92.7 Å². The van der Waals surface area contributed by atoms with Gasteiger partial charge in [-0.15, -0.1) is 11.3 Å². The van der Waals surface area contributed by atoms with Crippen LogP contribution >= 0.6 is 11.3 Å². The lowest BCUT2D eigenvalue weighted by molar-refractivity contribution is -0.146. The van der Waals surface area contributed by atoms with Crippen molar-refractivity contribution in [1.82, 2.24) is 0 Å². The Bertz CT molecular complexity index is 812. The predicted octanol–water partition coefficient (Wildman–Crippen LogP) is 4.44. The van der Waals surface area contributed by atoms with Crippen LogP contribution in [0.1, 0.15) is 66.8 Å². The van der Waals surface area contributed by atoms with Crippen LogP contribution in [0.15, 0.2) is 12.2 Å². The minimum atomic E-state index is -0.964. The highest BCUT2D eigenvalue weighted by Crippen LogP contribution is 2.41. The number of hydrogen-bond acceptors (Lipinski definition) is 5. The monoisotopic (exact) mass is 419 g/mol. The normalized spacial score (nSPS) is 23.3. The van der Waals surface area contributed by atoms with Gasteiger partial charge in [0, 0.05) is 4.88 Å². The number of carboxylic acid groups (broad SMARTS) is 1. The Morgan fingerprint density at radius 1 is 1.21 bits per heavy atom. The molecule has 1 amide bonds. The van der Waals surface area contributed by atoms with Crippen LogP contribution in [0.25, 0.3) is 0 Å². The molecule has 2 aliphatic rings. The molecule has 0 bridgehead atoms. The number of thiophene rings is 1. The maximum atomic E-state index is 13.0. The van der Waals surface area contributed by atoms with Gasteiger partial charge in [-0.3, -0.25) is 9.59 Å². The number of nitrogens with one attached hydrogen (secondary N) is 1. The summed E-state index contributed by atoms with van der Waals surface area (Å²) in [6, 6.07) is 0. The third-order valence-corrected chi connectivity index (χ3v) is 7.08. The van der Waals surface area contributed by atoms with Crippen LogP contribution in [-0.2, 0) is 27.2 Å². The summed E-state index contributed by atoms with van der Waals surface area (Å²) in [4.78, 5) is 38.4. The van der Waals surface area contributed by atoms with E-state index in [9.17, 15) is 19.5 Å². The molecule has 29 heavy (non-hydrogen) atoms. The summed E-state index contributed by atoms with van der Waals surface area (Å²) in [6.45, 7) is 4.45. The number of amides is 1. The predicted molar refractivity (Wildman–Crippen MR) is 112 cm³/mol. The number of aliphatic carboxylic acids is 1. The highest BCUT2D eigenvalue weighted by molar-refractivity contribution is 7.17. The van der Waals surface area contributed by atoms with Gasteiger partial charge in [0.15, 0.2) is 0 Å². The molecule has 0 radical (unpaired) electrons. The van der Waals surface area contributed by atoms with Gasteiger partial charge in [0.25, 0.3) is 0 Å². The van der Waals surface area contributed by atoms with Gasteiger partial charge in [-0.1, -0.05) is 32.4 Å². The number of fused-ring (bicyclic) bond motifs is 1. The Hall–Kier alpha value is -2.15. The van der Waals surface area contributed by atoms with Crippen molar-refractivity contribution in [3.05, 3.63) is 28.2 Å². The fourth-order valence-electron chi connectivity index (χ4n) is 4.16. The van der Waals surface area contributed by atoms with E-state index in [-0.39, 0.29) is 5.91 Å². The number of carbonyl (C=O) groups is 3. The molecule has 6 nitrogen and oxygen atoms in total. The smallest absolute Gasteiger partial charge is 0.341 e. The van der Waals surface area contributed by atoms with Crippen LogP contribution in [0, 0.1) is 17.8 Å². The summed E-state index contributed by atoms with van der Waals surface area (Å²) in [6.07, 6.45) is 8.95. The number of ether oxygens (including phenoxy) is 1. The van der Waals surface area contributed by atoms with Gasteiger partial charge >= 0.3 is 11.9 Å². The Morgan fingerprint density at radius 3 is 2.59 bits per heavy atom. The second-order valence-electron chi connectivity index (χ2n) is 7.84. The molecule has 1 aromatic rings. The molecule has 0 saturated heterocycles. The molecular formula is C22H29NO5S. The molecule has 0 saturated carbocycles. The summed E-state index contributed by atoms with van der Waals surface area (Å²) < 4.78 is 5.39. The van der Waals surface area contributed by atoms with Crippen molar-refractivity contribution >= 4 is 34.2 Å². The van der Waals surface area contributed by atoms with Gasteiger partial charge in [0.1, 0.15) is 5.00 Å². The Balaban J connectivity index is 1.88. The quantitative estimate of drug-likeness (QED) is 0.504. The van der Waals surface area contributed by atoms with Gasteiger partial charge in [-0.05, 0) is 50.0 Å². The van der Waals surface area contributed by atoms with Crippen molar-refractivity contribution in [2.45, 2.75) is 58.8 Å². The molecule has 2 aliphatic carbocycles. The van der Waals surface area contributed by atoms with Gasteiger partial charge in [0.05, 0.1) is 24.0 Å². The Kier molecular flexibility index (Phi) is 7.11. The van der Waals surface area contributed by atoms with Crippen molar-refractivity contribution in [3.8, 4) is 0 Å². The van der Waals surface area contributed by atoms with Crippen molar-refractivity contribution in [2.24, 2.45) is 17.8 Å². The first kappa shape index (κ1) is 21.6. The molecule has 3 rings (SSSR count). The zero-order valence-electron chi connectivity index (χ0n) is 17.0. The van der Waals surface area contributed by atoms with E-state index in [0.717, 1.165) is 42.5 Å². The number of carboxylic acids is 1. The van der Waals surface area contributed by atoms with Crippen LogP contribution in [0.3, 0.4) is 0 Å². The standard InChI is InChI=1S/C22H29NO5S/c1-3-11-28-22(27)18-16-10-9-13(4-2)12-17(16)29-20(18)23-19(24)14-7-5-6-8-15(14)21(25)26/h5-6,13-15H,3-4,7-12H2,1-2H3,(H,23,24)(H,25,26)/t13-,14+,15+/m0/s1. The van der Waals surface area contributed by atoms with Crippen LogP contribution in [0.5, 0.6) is 0 Å². The van der Waals surface area contributed by atoms with Crippen LogP contribution in [0.2, 0.25) is 0 Å². The molecule has 1 aromatic heterocycles. The number of carbonyl (C=O) groups excluding carboxylic acids is 2. The minimum Gasteiger partial charge on any atom is -0.481 e. The molecule has 7 heteroatoms. The van der Waals surface area contributed by atoms with E-state index in [1.54, 1.807) is 0 Å². The fraction of sp³-hybridized carbons (Fsp3) is 0.591. The number of hydrogen-bond donors (Lipinski definition) is 2. The van der Waals surface area contributed by atoms with Crippen LogP contribution < -0.4 is 5.32 Å². The van der Waals surface area contributed by atoms with E-state index in [1.165, 1.54) is 11.3 Å². The van der Waals surface area contributed by atoms with Crippen molar-refractivity contribution < 1.29 is 24.2 Å². The zero-order valence-corrected chi connectivity index (χ0v) is 17.8. The number of anilines is 1. The van der Waals surface area contributed by atoms with Gasteiger partial charge in [0.2, 0.25) is 5.91 Å². The van der Waals surface area contributed by atoms with Crippen molar-refractivity contribution in [1.29, 1.82) is 0 Å². The van der Waals surface area contributed by atoms with E-state index in [2.05, 4.69) is 12.2 Å². The molecule has 0 spiro atoms. The molecule has 0 aliphatic heterocycles. The molecule has 0 unspecified atom stereocenters. The van der Waals surface area contributed by atoms with Crippen LogP contribution in [-0.4, -0.2) is 29.6 Å². The lowest BCUT2D eigenvalue weighted by atomic mass is 9.82. The lowest BCUT2D eigenvalue weighted by Crippen LogP contribution is -2.34. The minimum absolute atomic E-state index is 0.336. The first-order valence-electron chi connectivity index (χ1n) is 10.5. The van der Waals surface area contributed by atoms with Gasteiger partial charge in [-0.2, -0.15) is 0 Å². The first-order chi connectivity index (χ1) is 14.0. The van der Waals surface area contributed by atoms with Gasteiger partial charge in [-0.25, -0.2) is 4.79 Å². The first-order valence-corrected chi connectivity index (χ1v) is 11.3. The summed E-state index contributed by atoms with van der Waals surface area (Å²) in [7, 11) is 0. The van der Waals surface area contributed by atoms with Crippen molar-refractivity contribution in [3.63, 3.8) is 0 Å². The van der Waals surface area contributed by atoms with E-state index >= 15 is 0 Å². The van der Waals surface area contributed by atoms with Crippen LogP contribution in [0.4, 0.5) is 5.00 Å². The third kappa shape index (κ3) is 4.71. The zero-order chi connectivity index (χ0) is 21.0. The summed E-state index contributed by atoms with van der Waals surface area (Å²) in [5, 5.41) is 12.9. The highest BCUT2D eigenvalue weighted by Gasteiger charge is 2.36. The number of allylic oxidation sites excluding steroid dienone is 2. The fourth-order valence-corrected chi connectivity index (χ4v) is 5.51. The third-order valence-electron chi connectivity index (χ3n) is 5.91. The Labute approximate surface area is 175 Å². The Morgan fingerprint density at radius 2 is 1.93 bits per heavy atom. The summed E-state index contributed by atoms with van der Waals surface area (Å²) in [5.41, 5.74) is 1.47. The molecule has 3 atom stereocenters. The molecule has 0 aromatic carbocycles. The summed E-state index contributed by atoms with van der Waals surface area (Å²) >= 11 is 1.45. The molecular weight excluding hydrogens is 390 g/mol. The lowest BCUT2D eigenvalue weighted by Gasteiger charge is -2.24. The van der Waals surface area contributed by atoms with E-state index < -0.39 is 23.8 Å². The molecule has 158 valence electrons. The maximum Gasteiger partial charge on any atom is 0.341 e. The SMILES string of the molecule is CCCOC(=O)c1c(NC(=O)[C@@H]2CC=CC[C@H]2C(=O)O)sc2c1CC[C@H](CC)C2. The van der Waals surface area contributed by atoms with E-state index in [1.807, 2.05) is 19.1 Å². The maximum absolute atomic E-state index is 13.0. The average Bonchev–Trinajstić information content (AvgIpc) is 3.08. The second-order valence-corrected chi connectivity index (χ2v) is 8.95. The largest absolute Gasteiger partial charge is 0.481 e. The summed E-state index contributed by atoms with van der Waals surface area (Å²) in [5.74, 6) is -2.49. The van der Waals surface area contributed by atoms with E-state index in [0.29, 0.717) is 35.9 Å². The average molecular weight is 420 g/mol. The van der Waals surface area contributed by atoms with E-state index in [4.69, 9.17) is 4.74 Å². The number of esters is 1. The molecule has 1 heterocycles.